The van der Waals surface area contributed by atoms with Crippen LogP contribution in [0.25, 0.3) is 0 Å². The normalized spacial score (nSPS) is 26.4. The van der Waals surface area contributed by atoms with Crippen LogP contribution < -0.4 is 10.2 Å². The van der Waals surface area contributed by atoms with Crippen LogP contribution in [0.3, 0.4) is 0 Å². The number of hydrogen-bond acceptors (Lipinski definition) is 6. The third-order valence-electron chi connectivity index (χ3n) is 7.94. The number of anilines is 2. The molecule has 0 unspecified atom stereocenters. The highest BCUT2D eigenvalue weighted by Gasteiger charge is 2.54. The highest BCUT2D eigenvalue weighted by molar-refractivity contribution is 7.14. The first-order valence-corrected chi connectivity index (χ1v) is 13.5. The standard InChI is InChI=1S/C27H33N3O4S/c1-3-18-4-6-23(7-5-18)30(17(2)31)26-29-22(16-35-26)15-34-24(32)14-28-25(33)27-11-19-8-20(12-27)10-21(9-19)13-27/h4-7,16,19-21H,3,8-15H2,1-2H3,(H,28,33). The maximum absolute atomic E-state index is 13.0. The molecule has 0 spiro atoms. The molecule has 4 fully saturated rings. The Morgan fingerprint density at radius 2 is 1.71 bits per heavy atom. The van der Waals surface area contributed by atoms with Crippen LogP contribution in [0.1, 0.15) is 63.6 Å². The second kappa shape index (κ2) is 9.72. The quantitative estimate of drug-likeness (QED) is 0.533. The summed E-state index contributed by atoms with van der Waals surface area (Å²) in [6.45, 7) is 3.46. The van der Waals surface area contributed by atoms with E-state index in [1.54, 1.807) is 10.3 Å². The third kappa shape index (κ3) is 4.99. The monoisotopic (exact) mass is 495 g/mol. The van der Waals surface area contributed by atoms with E-state index in [0.29, 0.717) is 28.6 Å². The topological polar surface area (TPSA) is 88.6 Å². The Kier molecular flexibility index (Phi) is 6.66. The molecule has 186 valence electrons. The summed E-state index contributed by atoms with van der Waals surface area (Å²) in [7, 11) is 0. The SMILES string of the molecule is CCc1ccc(N(C(C)=O)c2nc(COC(=O)CNC(=O)C34CC5CC(CC(C5)C3)C4)cs2)cc1. The van der Waals surface area contributed by atoms with Gasteiger partial charge in [-0.25, -0.2) is 4.98 Å². The van der Waals surface area contributed by atoms with Crippen molar-refractivity contribution in [2.24, 2.45) is 23.2 Å². The molecule has 6 rings (SSSR count). The van der Waals surface area contributed by atoms with Crippen molar-refractivity contribution in [1.29, 1.82) is 0 Å². The lowest BCUT2D eigenvalue weighted by Crippen LogP contribution is -2.54. The number of hydrogen-bond donors (Lipinski definition) is 1. The summed E-state index contributed by atoms with van der Waals surface area (Å²) in [5, 5.41) is 5.18. The van der Waals surface area contributed by atoms with Gasteiger partial charge in [-0.1, -0.05) is 19.1 Å². The van der Waals surface area contributed by atoms with Crippen molar-refractivity contribution in [3.05, 3.63) is 40.9 Å². The molecular formula is C27H33N3O4S. The second-order valence-electron chi connectivity index (χ2n) is 10.5. The van der Waals surface area contributed by atoms with E-state index in [1.165, 1.54) is 43.1 Å². The molecule has 4 aliphatic carbocycles. The number of aryl methyl sites for hydroxylation is 1. The molecular weight excluding hydrogens is 462 g/mol. The minimum atomic E-state index is -0.476. The van der Waals surface area contributed by atoms with Crippen molar-refractivity contribution in [3.8, 4) is 0 Å². The van der Waals surface area contributed by atoms with Crippen molar-refractivity contribution in [1.82, 2.24) is 10.3 Å². The number of esters is 1. The third-order valence-corrected chi connectivity index (χ3v) is 8.82. The summed E-state index contributed by atoms with van der Waals surface area (Å²) in [5.74, 6) is 1.44. The number of aromatic nitrogens is 1. The van der Waals surface area contributed by atoms with Gasteiger partial charge in [0, 0.05) is 17.7 Å². The van der Waals surface area contributed by atoms with Gasteiger partial charge < -0.3 is 10.1 Å². The first kappa shape index (κ1) is 24.0. The summed E-state index contributed by atoms with van der Waals surface area (Å²) in [6, 6.07) is 7.82. The molecule has 2 amide bonds. The molecule has 1 N–H and O–H groups in total. The van der Waals surface area contributed by atoms with Crippen LogP contribution in [0.5, 0.6) is 0 Å². The Morgan fingerprint density at radius 3 is 2.29 bits per heavy atom. The van der Waals surface area contributed by atoms with Crippen molar-refractivity contribution in [2.45, 2.75) is 65.4 Å². The molecule has 4 bridgehead atoms. The van der Waals surface area contributed by atoms with Gasteiger partial charge in [-0.15, -0.1) is 11.3 Å². The number of nitrogens with one attached hydrogen (secondary N) is 1. The minimum Gasteiger partial charge on any atom is -0.458 e. The maximum atomic E-state index is 13.0. The van der Waals surface area contributed by atoms with Gasteiger partial charge in [0.05, 0.1) is 11.4 Å². The van der Waals surface area contributed by atoms with Crippen LogP contribution in [-0.2, 0) is 32.1 Å². The van der Waals surface area contributed by atoms with E-state index in [9.17, 15) is 14.4 Å². The van der Waals surface area contributed by atoms with Crippen LogP contribution in [0, 0.1) is 23.2 Å². The summed E-state index contributed by atoms with van der Waals surface area (Å²) in [5.41, 5.74) is 2.24. The Balaban J connectivity index is 1.14. The zero-order valence-corrected chi connectivity index (χ0v) is 21.2. The van der Waals surface area contributed by atoms with Crippen LogP contribution in [0.4, 0.5) is 10.8 Å². The van der Waals surface area contributed by atoms with E-state index in [0.717, 1.165) is 31.4 Å². The van der Waals surface area contributed by atoms with Crippen LogP contribution in [0.2, 0.25) is 0 Å². The Morgan fingerprint density at radius 1 is 1.09 bits per heavy atom. The average molecular weight is 496 g/mol. The van der Waals surface area contributed by atoms with Gasteiger partial charge in [0.2, 0.25) is 11.8 Å². The van der Waals surface area contributed by atoms with Crippen LogP contribution >= 0.6 is 11.3 Å². The summed E-state index contributed by atoms with van der Waals surface area (Å²) < 4.78 is 5.37. The fourth-order valence-electron chi connectivity index (χ4n) is 6.71. The van der Waals surface area contributed by atoms with Gasteiger partial charge in [-0.2, -0.15) is 0 Å². The highest BCUT2D eigenvalue weighted by atomic mass is 32.1. The minimum absolute atomic E-state index is 0.00306. The molecule has 0 aliphatic heterocycles. The number of carbonyl (C=O) groups excluding carboxylic acids is 3. The summed E-state index contributed by atoms with van der Waals surface area (Å²) >= 11 is 1.33. The Labute approximate surface area is 210 Å². The van der Waals surface area contributed by atoms with E-state index in [-0.39, 0.29) is 30.4 Å². The van der Waals surface area contributed by atoms with Crippen LogP contribution in [-0.4, -0.2) is 29.3 Å². The predicted octanol–water partition coefficient (Wildman–Crippen LogP) is 4.77. The summed E-state index contributed by atoms with van der Waals surface area (Å²) in [4.78, 5) is 43.8. The first-order valence-electron chi connectivity index (χ1n) is 12.6. The van der Waals surface area contributed by atoms with Crippen molar-refractivity contribution < 1.29 is 19.1 Å². The molecule has 35 heavy (non-hydrogen) atoms. The second-order valence-corrected chi connectivity index (χ2v) is 11.4. The number of thiazole rings is 1. The molecule has 7 nitrogen and oxygen atoms in total. The van der Waals surface area contributed by atoms with Crippen molar-refractivity contribution in [3.63, 3.8) is 0 Å². The lowest BCUT2D eigenvalue weighted by Gasteiger charge is -2.55. The molecule has 0 radical (unpaired) electrons. The lowest BCUT2D eigenvalue weighted by atomic mass is 9.49. The average Bonchev–Trinajstić information content (AvgIpc) is 3.29. The zero-order valence-electron chi connectivity index (χ0n) is 20.4. The van der Waals surface area contributed by atoms with Gasteiger partial charge in [0.25, 0.3) is 0 Å². The number of amides is 2. The largest absolute Gasteiger partial charge is 0.458 e. The van der Waals surface area contributed by atoms with Crippen molar-refractivity contribution in [2.75, 3.05) is 11.4 Å². The molecule has 1 aromatic carbocycles. The van der Waals surface area contributed by atoms with E-state index < -0.39 is 5.97 Å². The fourth-order valence-corrected chi connectivity index (χ4v) is 7.58. The van der Waals surface area contributed by atoms with E-state index in [1.807, 2.05) is 24.3 Å². The van der Waals surface area contributed by atoms with Gasteiger partial charge in [0.1, 0.15) is 13.2 Å². The first-order chi connectivity index (χ1) is 16.8. The van der Waals surface area contributed by atoms with E-state index in [4.69, 9.17) is 4.74 Å². The van der Waals surface area contributed by atoms with Gasteiger partial charge in [-0.05, 0) is 80.4 Å². The smallest absolute Gasteiger partial charge is 0.325 e. The number of nitrogens with zero attached hydrogens (tertiary/aromatic N) is 2. The molecule has 8 heteroatoms. The Bertz CT molecular complexity index is 1070. The zero-order chi connectivity index (χ0) is 24.6. The predicted molar refractivity (Wildman–Crippen MR) is 134 cm³/mol. The molecule has 0 atom stereocenters. The molecule has 4 saturated carbocycles. The van der Waals surface area contributed by atoms with Gasteiger partial charge >= 0.3 is 5.97 Å². The number of ether oxygens (including phenoxy) is 1. The number of benzene rings is 1. The molecule has 0 saturated heterocycles. The summed E-state index contributed by atoms with van der Waals surface area (Å²) in [6.07, 6.45) is 7.65. The highest BCUT2D eigenvalue weighted by Crippen LogP contribution is 2.60. The van der Waals surface area contributed by atoms with Crippen LogP contribution in [0.15, 0.2) is 29.6 Å². The molecule has 1 heterocycles. The lowest BCUT2D eigenvalue weighted by molar-refractivity contribution is -0.151. The number of rotatable bonds is 8. The molecule has 1 aromatic heterocycles. The van der Waals surface area contributed by atoms with Gasteiger partial charge in [-0.3, -0.25) is 19.3 Å². The van der Waals surface area contributed by atoms with Crippen molar-refractivity contribution >= 4 is 39.9 Å². The van der Waals surface area contributed by atoms with Gasteiger partial charge in [0.15, 0.2) is 5.13 Å². The molecule has 2 aromatic rings. The maximum Gasteiger partial charge on any atom is 0.325 e. The fraction of sp³-hybridized carbons (Fsp3) is 0.556. The van der Waals surface area contributed by atoms with E-state index >= 15 is 0 Å². The molecule has 4 aliphatic rings. The Hall–Kier alpha value is -2.74. The number of carbonyl (C=O) groups is 3. The van der Waals surface area contributed by atoms with E-state index in [2.05, 4.69) is 17.2 Å².